The van der Waals surface area contributed by atoms with Crippen molar-refractivity contribution in [1.29, 1.82) is 0 Å². The third-order valence-corrected chi connectivity index (χ3v) is 6.33. The maximum atomic E-state index is 13.2. The van der Waals surface area contributed by atoms with Gasteiger partial charge in [-0.2, -0.15) is 5.10 Å². The van der Waals surface area contributed by atoms with Gasteiger partial charge in [-0.25, -0.2) is 9.48 Å². The summed E-state index contributed by atoms with van der Waals surface area (Å²) >= 11 is 0. The van der Waals surface area contributed by atoms with Gasteiger partial charge >= 0.3 is 6.03 Å². The summed E-state index contributed by atoms with van der Waals surface area (Å²) in [6.07, 6.45) is 7.30. The number of aromatic nitrogens is 2. The van der Waals surface area contributed by atoms with E-state index in [1.165, 1.54) is 0 Å². The van der Waals surface area contributed by atoms with Crippen molar-refractivity contribution in [3.05, 3.63) is 47.7 Å². The van der Waals surface area contributed by atoms with Crippen molar-refractivity contribution < 1.29 is 14.4 Å². The van der Waals surface area contributed by atoms with Gasteiger partial charge < -0.3 is 10.6 Å². The largest absolute Gasteiger partial charge is 0.325 e. The van der Waals surface area contributed by atoms with E-state index in [-0.39, 0.29) is 18.5 Å². The normalized spacial score (nSPS) is 23.7. The van der Waals surface area contributed by atoms with Gasteiger partial charge in [0.1, 0.15) is 17.9 Å². The summed E-state index contributed by atoms with van der Waals surface area (Å²) in [5.74, 6) is -0.154. The molecule has 1 unspecified atom stereocenters. The molecule has 4 amide bonds. The molecule has 1 aliphatic heterocycles. The first kappa shape index (κ1) is 17.9. The molecule has 29 heavy (non-hydrogen) atoms. The van der Waals surface area contributed by atoms with Crippen molar-refractivity contribution in [2.45, 2.75) is 50.1 Å². The summed E-state index contributed by atoms with van der Waals surface area (Å²) in [5.41, 5.74) is 0.855. The van der Waals surface area contributed by atoms with E-state index in [0.717, 1.165) is 48.1 Å². The first-order valence-corrected chi connectivity index (χ1v) is 10.1. The topological polar surface area (TPSA) is 96.3 Å². The van der Waals surface area contributed by atoms with Crippen LogP contribution in [0.1, 0.15) is 49.3 Å². The Morgan fingerprint density at radius 2 is 2.00 bits per heavy atom. The van der Waals surface area contributed by atoms with Gasteiger partial charge in [0.05, 0.1) is 12.2 Å². The smallest absolute Gasteiger partial charge is 0.319 e. The lowest BCUT2D eigenvalue weighted by atomic mass is 9.92. The number of carbonyl (C=O) groups excluding carboxylic acids is 3. The Hall–Kier alpha value is -3.16. The van der Waals surface area contributed by atoms with Crippen LogP contribution in [0.3, 0.4) is 0 Å². The van der Waals surface area contributed by atoms with Gasteiger partial charge in [0.25, 0.3) is 5.91 Å². The van der Waals surface area contributed by atoms with Gasteiger partial charge in [0.15, 0.2) is 0 Å². The molecule has 2 heterocycles. The summed E-state index contributed by atoms with van der Waals surface area (Å²) in [6.45, 7) is -0.315. The minimum atomic E-state index is -1.04. The van der Waals surface area contributed by atoms with E-state index in [9.17, 15) is 14.4 Å². The van der Waals surface area contributed by atoms with Gasteiger partial charge in [-0.3, -0.25) is 14.5 Å². The molecule has 1 atom stereocenters. The molecule has 3 aliphatic rings. The molecule has 2 aromatic rings. The van der Waals surface area contributed by atoms with E-state index in [1.54, 1.807) is 12.3 Å². The Morgan fingerprint density at radius 3 is 2.83 bits per heavy atom. The van der Waals surface area contributed by atoms with Crippen LogP contribution in [-0.2, 0) is 21.5 Å². The maximum Gasteiger partial charge on any atom is 0.325 e. The molecule has 2 N–H and O–H groups in total. The summed E-state index contributed by atoms with van der Waals surface area (Å²) in [7, 11) is 0. The number of carbonyl (C=O) groups is 3. The Kier molecular flexibility index (Phi) is 4.15. The second-order valence-electron chi connectivity index (χ2n) is 8.03. The summed E-state index contributed by atoms with van der Waals surface area (Å²) in [5, 5.41) is 10.0. The highest BCUT2D eigenvalue weighted by Crippen LogP contribution is 2.41. The van der Waals surface area contributed by atoms with Crippen LogP contribution in [-0.4, -0.2) is 39.1 Å². The second-order valence-corrected chi connectivity index (χ2v) is 8.03. The molecule has 1 saturated heterocycles. The molecule has 2 fully saturated rings. The van der Waals surface area contributed by atoms with Crippen molar-refractivity contribution in [2.24, 2.45) is 0 Å². The quantitative estimate of drug-likeness (QED) is 0.779. The monoisotopic (exact) mass is 393 g/mol. The van der Waals surface area contributed by atoms with Crippen LogP contribution in [0.25, 0.3) is 0 Å². The van der Waals surface area contributed by atoms with Crippen LogP contribution < -0.4 is 10.6 Å². The summed E-state index contributed by atoms with van der Waals surface area (Å²) in [6, 6.07) is 9.16. The SMILES string of the molecule is O=C(CN1C(=O)NC2(CCc3ccccc32)C1=O)Nc1ccnn1C1CCCC1. The molecule has 5 rings (SSSR count). The molecule has 150 valence electrons. The lowest BCUT2D eigenvalue weighted by molar-refractivity contribution is -0.134. The number of urea groups is 1. The average molecular weight is 393 g/mol. The second kappa shape index (κ2) is 6.72. The minimum absolute atomic E-state index is 0.287. The summed E-state index contributed by atoms with van der Waals surface area (Å²) in [4.78, 5) is 39.4. The zero-order valence-electron chi connectivity index (χ0n) is 16.1. The summed E-state index contributed by atoms with van der Waals surface area (Å²) < 4.78 is 1.84. The first-order valence-electron chi connectivity index (χ1n) is 10.1. The van der Waals surface area contributed by atoms with Crippen LogP contribution in [0.4, 0.5) is 10.6 Å². The van der Waals surface area contributed by atoms with E-state index in [4.69, 9.17) is 0 Å². The fraction of sp³-hybridized carbons (Fsp3) is 0.429. The Bertz CT molecular complexity index is 994. The number of fused-ring (bicyclic) bond motifs is 2. The number of aryl methyl sites for hydroxylation is 1. The van der Waals surface area contributed by atoms with Crippen molar-refractivity contribution in [3.63, 3.8) is 0 Å². The number of rotatable bonds is 4. The lowest BCUT2D eigenvalue weighted by Crippen LogP contribution is -2.43. The highest BCUT2D eigenvalue weighted by molar-refractivity contribution is 6.10. The average Bonchev–Trinajstić information content (AvgIpc) is 3.48. The lowest BCUT2D eigenvalue weighted by Gasteiger charge is -2.22. The van der Waals surface area contributed by atoms with Crippen LogP contribution in [0, 0.1) is 0 Å². The number of anilines is 1. The van der Waals surface area contributed by atoms with Crippen LogP contribution in [0.5, 0.6) is 0 Å². The Morgan fingerprint density at radius 1 is 1.21 bits per heavy atom. The molecular formula is C21H23N5O3. The number of hydrogen-bond donors (Lipinski definition) is 2. The Balaban J connectivity index is 1.32. The van der Waals surface area contributed by atoms with Crippen molar-refractivity contribution in [1.82, 2.24) is 20.0 Å². The third kappa shape index (κ3) is 2.82. The van der Waals surface area contributed by atoms with E-state index in [1.807, 2.05) is 28.9 Å². The number of amides is 4. The fourth-order valence-electron chi connectivity index (χ4n) is 4.91. The van der Waals surface area contributed by atoms with Crippen LogP contribution >= 0.6 is 0 Å². The van der Waals surface area contributed by atoms with Crippen LogP contribution in [0.2, 0.25) is 0 Å². The standard InChI is InChI=1S/C21H23N5O3/c27-18(23-17-10-12-22-26(17)15-6-2-3-7-15)13-25-19(28)21(24-20(25)29)11-9-14-5-1-4-8-16(14)21/h1,4-5,8,10,12,15H,2-3,6-7,9,11,13H2,(H,23,27)(H,24,29). The van der Waals surface area contributed by atoms with Gasteiger partial charge in [0, 0.05) is 6.07 Å². The van der Waals surface area contributed by atoms with E-state index >= 15 is 0 Å². The number of benzene rings is 1. The van der Waals surface area contributed by atoms with Gasteiger partial charge in [-0.15, -0.1) is 0 Å². The highest BCUT2D eigenvalue weighted by atomic mass is 16.2. The molecule has 2 aliphatic carbocycles. The first-order chi connectivity index (χ1) is 14.1. The molecule has 8 nitrogen and oxygen atoms in total. The number of nitrogens with zero attached hydrogens (tertiary/aromatic N) is 3. The highest BCUT2D eigenvalue weighted by Gasteiger charge is 2.55. The van der Waals surface area contributed by atoms with E-state index < -0.39 is 17.5 Å². The van der Waals surface area contributed by atoms with Gasteiger partial charge in [-0.05, 0) is 36.8 Å². The number of hydrogen-bond acceptors (Lipinski definition) is 4. The molecule has 1 aromatic carbocycles. The van der Waals surface area contributed by atoms with Crippen molar-refractivity contribution >= 4 is 23.7 Å². The Labute approximate surface area is 168 Å². The van der Waals surface area contributed by atoms with E-state index in [0.29, 0.717) is 12.2 Å². The number of imide groups is 1. The zero-order valence-corrected chi connectivity index (χ0v) is 16.1. The molecular weight excluding hydrogens is 370 g/mol. The van der Waals surface area contributed by atoms with E-state index in [2.05, 4.69) is 15.7 Å². The van der Waals surface area contributed by atoms with Crippen molar-refractivity contribution in [2.75, 3.05) is 11.9 Å². The fourth-order valence-corrected chi connectivity index (χ4v) is 4.91. The maximum absolute atomic E-state index is 13.2. The zero-order chi connectivity index (χ0) is 20.0. The third-order valence-electron chi connectivity index (χ3n) is 6.33. The van der Waals surface area contributed by atoms with Crippen molar-refractivity contribution in [3.8, 4) is 0 Å². The van der Waals surface area contributed by atoms with Gasteiger partial charge in [-0.1, -0.05) is 37.1 Å². The molecule has 8 heteroatoms. The molecule has 0 radical (unpaired) electrons. The number of nitrogens with one attached hydrogen (secondary N) is 2. The minimum Gasteiger partial charge on any atom is -0.319 e. The predicted octanol–water partition coefficient (Wildman–Crippen LogP) is 2.33. The molecule has 0 bridgehead atoms. The predicted molar refractivity (Wildman–Crippen MR) is 105 cm³/mol. The van der Waals surface area contributed by atoms with Gasteiger partial charge in [0.2, 0.25) is 5.91 Å². The molecule has 1 saturated carbocycles. The van der Waals surface area contributed by atoms with Crippen LogP contribution in [0.15, 0.2) is 36.5 Å². The molecule has 1 spiro atoms. The molecule has 1 aromatic heterocycles.